The van der Waals surface area contributed by atoms with Gasteiger partial charge in [0, 0.05) is 0 Å². The van der Waals surface area contributed by atoms with E-state index in [0.717, 1.165) is 12.8 Å². The molecule has 1 radical (unpaired) electrons. The van der Waals surface area contributed by atoms with Gasteiger partial charge in [-0.3, -0.25) is 0 Å². The van der Waals surface area contributed by atoms with Crippen molar-refractivity contribution in [3.8, 4) is 0 Å². The number of allylic oxidation sites excluding steroid dienone is 2. The molecule has 0 saturated heterocycles. The van der Waals surface area contributed by atoms with Gasteiger partial charge in [0.2, 0.25) is 0 Å². The second-order valence-corrected chi connectivity index (χ2v) is 3.52. The van der Waals surface area contributed by atoms with Gasteiger partial charge in [-0.1, -0.05) is 50.2 Å². The van der Waals surface area contributed by atoms with Crippen LogP contribution in [0.15, 0.2) is 36.4 Å². The van der Waals surface area contributed by atoms with Crippen LogP contribution in [-0.4, -0.2) is 12.9 Å². The molecule has 0 aromatic heterocycles. The zero-order valence-corrected chi connectivity index (χ0v) is 9.46. The minimum absolute atomic E-state index is 0.570. The zero-order valence-electron chi connectivity index (χ0n) is 9.46. The van der Waals surface area contributed by atoms with E-state index in [0.29, 0.717) is 5.61 Å². The minimum Gasteiger partial charge on any atom is -0.316 e. The predicted molar refractivity (Wildman–Crippen MR) is 68.0 cm³/mol. The van der Waals surface area contributed by atoms with Crippen LogP contribution in [0, 0.1) is 5.41 Å². The Kier molecular flexibility index (Phi) is 4.89. The number of nitrogens with one attached hydrogen (secondary N) is 1. The van der Waals surface area contributed by atoms with E-state index in [2.05, 4.69) is 31.2 Å². The number of hydrogen-bond acceptors (Lipinski definition) is 1. The Morgan fingerprint density at radius 2 is 1.87 bits per heavy atom. The van der Waals surface area contributed by atoms with Crippen molar-refractivity contribution in [1.82, 2.24) is 0 Å². The minimum atomic E-state index is 0.570. The monoisotopic (exact) mass is 198 g/mol. The Balaban J connectivity index is 2.51. The molecule has 0 spiro atoms. The smallest absolute Gasteiger partial charge is 0.173 e. The molecule has 1 aromatic rings. The van der Waals surface area contributed by atoms with Gasteiger partial charge in [0.05, 0.1) is 0 Å². The van der Waals surface area contributed by atoms with Crippen molar-refractivity contribution in [2.24, 2.45) is 0 Å². The van der Waals surface area contributed by atoms with E-state index in [1.54, 1.807) is 7.28 Å². The van der Waals surface area contributed by atoms with Crippen LogP contribution < -0.4 is 0 Å². The lowest BCUT2D eigenvalue weighted by atomic mass is 9.75. The molecule has 2 heteroatoms. The van der Waals surface area contributed by atoms with Crippen LogP contribution >= 0.6 is 0 Å². The van der Waals surface area contributed by atoms with Crippen molar-refractivity contribution < 1.29 is 0 Å². The lowest BCUT2D eigenvalue weighted by Crippen LogP contribution is -1.98. The van der Waals surface area contributed by atoms with Crippen LogP contribution in [0.3, 0.4) is 0 Å². The fourth-order valence-electron chi connectivity index (χ4n) is 1.33. The zero-order chi connectivity index (χ0) is 11.1. The van der Waals surface area contributed by atoms with Gasteiger partial charge in [0.15, 0.2) is 7.28 Å². The van der Waals surface area contributed by atoms with E-state index in [4.69, 9.17) is 5.41 Å². The van der Waals surface area contributed by atoms with Gasteiger partial charge in [-0.25, -0.2) is 0 Å². The Bertz CT molecular complexity index is 338. The number of rotatable bonds is 5. The molecule has 15 heavy (non-hydrogen) atoms. The van der Waals surface area contributed by atoms with Crippen molar-refractivity contribution in [1.29, 1.82) is 5.41 Å². The highest BCUT2D eigenvalue weighted by Crippen LogP contribution is 2.06. The molecule has 0 amide bonds. The van der Waals surface area contributed by atoms with Gasteiger partial charge >= 0.3 is 0 Å². The topological polar surface area (TPSA) is 23.9 Å². The van der Waals surface area contributed by atoms with Crippen LogP contribution in [0.1, 0.15) is 18.1 Å². The molecule has 0 aliphatic heterocycles. The first-order valence-corrected chi connectivity index (χ1v) is 5.38. The molecule has 0 saturated carbocycles. The van der Waals surface area contributed by atoms with E-state index in [-0.39, 0.29) is 0 Å². The summed E-state index contributed by atoms with van der Waals surface area (Å²) < 4.78 is 0. The van der Waals surface area contributed by atoms with Gasteiger partial charge in [-0.05, 0) is 29.6 Å². The van der Waals surface area contributed by atoms with Crippen molar-refractivity contribution in [3.05, 3.63) is 47.5 Å². The van der Waals surface area contributed by atoms with Crippen LogP contribution in [0.4, 0.5) is 0 Å². The molecule has 1 N–H and O–H groups in total. The fraction of sp³-hybridized carbons (Fsp3) is 0.308. The number of aryl methyl sites for hydroxylation is 1. The summed E-state index contributed by atoms with van der Waals surface area (Å²) in [6, 6.07) is 8.64. The first kappa shape index (κ1) is 11.8. The third-order valence-electron chi connectivity index (χ3n) is 2.39. The van der Waals surface area contributed by atoms with E-state index in [1.165, 1.54) is 11.1 Å². The van der Waals surface area contributed by atoms with Crippen molar-refractivity contribution in [2.75, 3.05) is 0 Å². The van der Waals surface area contributed by atoms with Crippen LogP contribution in [0.5, 0.6) is 0 Å². The third kappa shape index (κ3) is 4.15. The van der Waals surface area contributed by atoms with Gasteiger partial charge in [-0.2, -0.15) is 0 Å². The maximum Gasteiger partial charge on any atom is 0.173 e. The van der Waals surface area contributed by atoms with Crippen LogP contribution in [-0.2, 0) is 12.8 Å². The SMILES string of the molecule is C[B]C(=N)/C=C\Cc1ccc(CC)cc1. The second kappa shape index (κ2) is 6.23. The molecule has 0 aliphatic carbocycles. The van der Waals surface area contributed by atoms with Gasteiger partial charge < -0.3 is 5.41 Å². The molecular weight excluding hydrogens is 181 g/mol. The average Bonchev–Trinajstić information content (AvgIpc) is 2.29. The second-order valence-electron chi connectivity index (χ2n) is 3.52. The fourth-order valence-corrected chi connectivity index (χ4v) is 1.33. The molecule has 0 fully saturated rings. The largest absolute Gasteiger partial charge is 0.316 e. The summed E-state index contributed by atoms with van der Waals surface area (Å²) >= 11 is 0. The Morgan fingerprint density at radius 3 is 2.40 bits per heavy atom. The summed E-state index contributed by atoms with van der Waals surface area (Å²) in [5, 5.41) is 7.42. The highest BCUT2D eigenvalue weighted by atomic mass is 14.3. The maximum atomic E-state index is 7.42. The Morgan fingerprint density at radius 1 is 1.27 bits per heavy atom. The van der Waals surface area contributed by atoms with E-state index >= 15 is 0 Å². The highest BCUT2D eigenvalue weighted by molar-refractivity contribution is 6.76. The van der Waals surface area contributed by atoms with E-state index in [9.17, 15) is 0 Å². The number of benzene rings is 1. The summed E-state index contributed by atoms with van der Waals surface area (Å²) in [6.45, 7) is 4.04. The number of hydrogen-bond donors (Lipinski definition) is 1. The summed E-state index contributed by atoms with van der Waals surface area (Å²) in [4.78, 5) is 0. The quantitative estimate of drug-likeness (QED) is 0.555. The third-order valence-corrected chi connectivity index (χ3v) is 2.39. The first-order chi connectivity index (χ1) is 7.26. The molecule has 1 nitrogen and oxygen atoms in total. The molecule has 0 aliphatic rings. The summed E-state index contributed by atoms with van der Waals surface area (Å²) in [6.07, 6.45) is 5.86. The Labute approximate surface area is 93.0 Å². The molecule has 77 valence electrons. The van der Waals surface area contributed by atoms with Gasteiger partial charge in [0.25, 0.3) is 0 Å². The normalized spacial score (nSPS) is 10.5. The average molecular weight is 198 g/mol. The molecule has 1 aromatic carbocycles. The van der Waals surface area contributed by atoms with E-state index < -0.39 is 0 Å². The first-order valence-electron chi connectivity index (χ1n) is 5.38. The van der Waals surface area contributed by atoms with E-state index in [1.807, 2.05) is 19.0 Å². The van der Waals surface area contributed by atoms with Crippen LogP contribution in [0.25, 0.3) is 0 Å². The predicted octanol–water partition coefficient (Wildman–Crippen LogP) is 3.08. The maximum absolute atomic E-state index is 7.42. The summed E-state index contributed by atoms with van der Waals surface area (Å²) in [5.74, 6) is 0. The molecular formula is C13H17BN. The molecule has 0 bridgehead atoms. The molecule has 1 rings (SSSR count). The van der Waals surface area contributed by atoms with Gasteiger partial charge in [-0.15, -0.1) is 0 Å². The standard InChI is InChI=1S/C13H17BN/c1-3-11-7-9-12(10-8-11)5-4-6-13(15)14-2/h4,6-10,15H,3,5H2,1-2H3/b6-4-,15-13?. The van der Waals surface area contributed by atoms with Crippen molar-refractivity contribution in [2.45, 2.75) is 26.6 Å². The lowest BCUT2D eigenvalue weighted by Gasteiger charge is -1.99. The summed E-state index contributed by atoms with van der Waals surface area (Å²) in [7, 11) is 1.79. The van der Waals surface area contributed by atoms with Crippen LogP contribution in [0.2, 0.25) is 6.82 Å². The molecule has 0 heterocycles. The lowest BCUT2D eigenvalue weighted by molar-refractivity contribution is 1.13. The van der Waals surface area contributed by atoms with Crippen molar-refractivity contribution in [3.63, 3.8) is 0 Å². The van der Waals surface area contributed by atoms with Crippen molar-refractivity contribution >= 4 is 12.9 Å². The molecule has 0 atom stereocenters. The Hall–Kier alpha value is -1.31. The highest BCUT2D eigenvalue weighted by Gasteiger charge is 1.91. The molecule has 0 unspecified atom stereocenters. The van der Waals surface area contributed by atoms with Gasteiger partial charge in [0.1, 0.15) is 0 Å². The summed E-state index contributed by atoms with van der Waals surface area (Å²) in [5.41, 5.74) is 3.24.